The Morgan fingerprint density at radius 1 is 1.29 bits per heavy atom. The summed E-state index contributed by atoms with van der Waals surface area (Å²) in [7, 11) is 0. The Bertz CT molecular complexity index is 514. The topological polar surface area (TPSA) is 53.1 Å². The standard InChI is InChI=1S/C14H15NO2/c1-10-9-15-12(7-8-13(16)17)14(10)11-5-3-2-4-6-11/h2-6,9,15H,7-8H2,1H3,(H,16,17). The Labute approximate surface area is 100 Å². The SMILES string of the molecule is Cc1c[nH]c(CCC(=O)O)c1-c1ccccc1. The minimum absolute atomic E-state index is 0.153. The summed E-state index contributed by atoms with van der Waals surface area (Å²) in [5.41, 5.74) is 4.41. The average molecular weight is 229 g/mol. The summed E-state index contributed by atoms with van der Waals surface area (Å²) in [6.07, 6.45) is 2.62. The second kappa shape index (κ2) is 4.87. The number of aromatic amines is 1. The summed E-state index contributed by atoms with van der Waals surface area (Å²) in [5, 5.41) is 8.73. The Morgan fingerprint density at radius 3 is 2.65 bits per heavy atom. The molecule has 1 heterocycles. The highest BCUT2D eigenvalue weighted by Gasteiger charge is 2.11. The number of carbonyl (C=O) groups is 1. The third-order valence-corrected chi connectivity index (χ3v) is 2.81. The monoisotopic (exact) mass is 229 g/mol. The maximum absolute atomic E-state index is 10.6. The van der Waals surface area contributed by atoms with Crippen molar-refractivity contribution in [2.45, 2.75) is 19.8 Å². The van der Waals surface area contributed by atoms with Crippen LogP contribution in [-0.2, 0) is 11.2 Å². The third kappa shape index (κ3) is 2.56. The predicted octanol–water partition coefficient (Wildman–Crippen LogP) is 3.01. The van der Waals surface area contributed by atoms with E-state index in [9.17, 15) is 4.79 Å². The fraction of sp³-hybridized carbons (Fsp3) is 0.214. The molecule has 2 N–H and O–H groups in total. The predicted molar refractivity (Wildman–Crippen MR) is 66.9 cm³/mol. The molecule has 0 bridgehead atoms. The number of hydrogen-bond donors (Lipinski definition) is 2. The fourth-order valence-corrected chi connectivity index (χ4v) is 2.01. The van der Waals surface area contributed by atoms with Gasteiger partial charge in [-0.15, -0.1) is 0 Å². The minimum Gasteiger partial charge on any atom is -0.481 e. The van der Waals surface area contributed by atoms with Gasteiger partial charge in [0.15, 0.2) is 0 Å². The zero-order chi connectivity index (χ0) is 12.3. The molecule has 2 rings (SSSR count). The van der Waals surface area contributed by atoms with Gasteiger partial charge in [0.25, 0.3) is 0 Å². The van der Waals surface area contributed by atoms with E-state index >= 15 is 0 Å². The average Bonchev–Trinajstić information content (AvgIpc) is 2.69. The normalized spacial score (nSPS) is 10.4. The Kier molecular flexibility index (Phi) is 3.28. The molecular formula is C14H15NO2. The quantitative estimate of drug-likeness (QED) is 0.846. The molecule has 0 aliphatic carbocycles. The molecule has 1 aromatic carbocycles. The van der Waals surface area contributed by atoms with Gasteiger partial charge in [-0.05, 0) is 24.5 Å². The molecule has 17 heavy (non-hydrogen) atoms. The maximum atomic E-state index is 10.6. The summed E-state index contributed by atoms with van der Waals surface area (Å²) >= 11 is 0. The van der Waals surface area contributed by atoms with Crippen LogP contribution in [0.5, 0.6) is 0 Å². The number of rotatable bonds is 4. The van der Waals surface area contributed by atoms with Gasteiger partial charge >= 0.3 is 5.97 Å². The number of benzene rings is 1. The smallest absolute Gasteiger partial charge is 0.303 e. The lowest BCUT2D eigenvalue weighted by molar-refractivity contribution is -0.136. The first-order valence-electron chi connectivity index (χ1n) is 5.62. The summed E-state index contributed by atoms with van der Waals surface area (Å²) in [4.78, 5) is 13.8. The first kappa shape index (κ1) is 11.5. The molecule has 0 radical (unpaired) electrons. The zero-order valence-corrected chi connectivity index (χ0v) is 9.73. The minimum atomic E-state index is -0.767. The number of aryl methyl sites for hydroxylation is 2. The van der Waals surface area contributed by atoms with Crippen LogP contribution in [0.25, 0.3) is 11.1 Å². The highest BCUT2D eigenvalue weighted by atomic mass is 16.4. The summed E-state index contributed by atoms with van der Waals surface area (Å²) in [5.74, 6) is -0.767. The number of H-pyrrole nitrogens is 1. The van der Waals surface area contributed by atoms with Crippen LogP contribution in [0.4, 0.5) is 0 Å². The van der Waals surface area contributed by atoms with E-state index in [2.05, 4.69) is 4.98 Å². The van der Waals surface area contributed by atoms with Gasteiger partial charge in [0.2, 0.25) is 0 Å². The molecule has 0 fully saturated rings. The van der Waals surface area contributed by atoms with Gasteiger partial charge in [0, 0.05) is 17.5 Å². The van der Waals surface area contributed by atoms with Gasteiger partial charge in [0.1, 0.15) is 0 Å². The van der Waals surface area contributed by atoms with Crippen molar-refractivity contribution >= 4 is 5.97 Å². The highest BCUT2D eigenvalue weighted by molar-refractivity contribution is 5.72. The van der Waals surface area contributed by atoms with Crippen LogP contribution in [0.2, 0.25) is 0 Å². The lowest BCUT2D eigenvalue weighted by Gasteiger charge is -2.05. The molecule has 88 valence electrons. The zero-order valence-electron chi connectivity index (χ0n) is 9.73. The number of hydrogen-bond acceptors (Lipinski definition) is 1. The summed E-state index contributed by atoms with van der Waals surface area (Å²) < 4.78 is 0. The Morgan fingerprint density at radius 2 is 2.00 bits per heavy atom. The molecule has 0 unspecified atom stereocenters. The number of aromatic nitrogens is 1. The van der Waals surface area contributed by atoms with E-state index in [1.54, 1.807) is 0 Å². The van der Waals surface area contributed by atoms with Crippen LogP contribution in [0, 0.1) is 6.92 Å². The lowest BCUT2D eigenvalue weighted by atomic mass is 10.0. The van der Waals surface area contributed by atoms with Crippen molar-refractivity contribution in [2.24, 2.45) is 0 Å². The molecule has 0 saturated carbocycles. The third-order valence-electron chi connectivity index (χ3n) is 2.81. The molecule has 3 nitrogen and oxygen atoms in total. The number of aliphatic carboxylic acids is 1. The molecule has 0 aliphatic heterocycles. The van der Waals surface area contributed by atoms with Crippen LogP contribution in [0.15, 0.2) is 36.5 Å². The Hall–Kier alpha value is -2.03. The molecule has 0 aliphatic rings. The van der Waals surface area contributed by atoms with E-state index in [4.69, 9.17) is 5.11 Å². The Balaban J connectivity index is 2.33. The summed E-state index contributed by atoms with van der Waals surface area (Å²) in [6, 6.07) is 10.0. The van der Waals surface area contributed by atoms with Gasteiger partial charge in [-0.3, -0.25) is 4.79 Å². The van der Waals surface area contributed by atoms with Gasteiger partial charge in [-0.25, -0.2) is 0 Å². The molecule has 1 aromatic heterocycles. The van der Waals surface area contributed by atoms with E-state index in [1.165, 1.54) is 0 Å². The van der Waals surface area contributed by atoms with Crippen LogP contribution < -0.4 is 0 Å². The molecule has 3 heteroatoms. The van der Waals surface area contributed by atoms with Gasteiger partial charge in [-0.2, -0.15) is 0 Å². The van der Waals surface area contributed by atoms with Crippen molar-refractivity contribution in [3.8, 4) is 11.1 Å². The molecular weight excluding hydrogens is 214 g/mol. The van der Waals surface area contributed by atoms with Crippen molar-refractivity contribution in [3.05, 3.63) is 47.8 Å². The van der Waals surface area contributed by atoms with Crippen LogP contribution in [0.1, 0.15) is 17.7 Å². The van der Waals surface area contributed by atoms with Crippen LogP contribution in [0.3, 0.4) is 0 Å². The first-order chi connectivity index (χ1) is 8.18. The van der Waals surface area contributed by atoms with Crippen molar-refractivity contribution in [1.29, 1.82) is 0 Å². The van der Waals surface area contributed by atoms with Gasteiger partial charge < -0.3 is 10.1 Å². The first-order valence-corrected chi connectivity index (χ1v) is 5.62. The van der Waals surface area contributed by atoms with Crippen LogP contribution in [-0.4, -0.2) is 16.1 Å². The van der Waals surface area contributed by atoms with Crippen LogP contribution >= 0.6 is 0 Å². The molecule has 0 saturated heterocycles. The van der Waals surface area contributed by atoms with Crippen molar-refractivity contribution < 1.29 is 9.90 Å². The van der Waals surface area contributed by atoms with Gasteiger partial charge in [-0.1, -0.05) is 30.3 Å². The van der Waals surface area contributed by atoms with E-state index in [-0.39, 0.29) is 6.42 Å². The second-order valence-corrected chi connectivity index (χ2v) is 4.09. The van der Waals surface area contributed by atoms with E-state index in [0.717, 1.165) is 22.4 Å². The molecule has 0 amide bonds. The van der Waals surface area contributed by atoms with Gasteiger partial charge in [0.05, 0.1) is 6.42 Å². The van der Waals surface area contributed by atoms with Crippen molar-refractivity contribution in [1.82, 2.24) is 4.98 Å². The molecule has 0 spiro atoms. The summed E-state index contributed by atoms with van der Waals surface area (Å²) in [6.45, 7) is 2.03. The lowest BCUT2D eigenvalue weighted by Crippen LogP contribution is -1.98. The largest absolute Gasteiger partial charge is 0.481 e. The van der Waals surface area contributed by atoms with E-state index in [1.807, 2.05) is 43.5 Å². The maximum Gasteiger partial charge on any atom is 0.303 e. The molecule has 0 atom stereocenters. The number of carboxylic acid groups (broad SMARTS) is 1. The van der Waals surface area contributed by atoms with Crippen molar-refractivity contribution in [3.63, 3.8) is 0 Å². The number of carboxylic acids is 1. The highest BCUT2D eigenvalue weighted by Crippen LogP contribution is 2.27. The number of nitrogens with one attached hydrogen (secondary N) is 1. The van der Waals surface area contributed by atoms with E-state index in [0.29, 0.717) is 6.42 Å². The molecule has 2 aromatic rings. The van der Waals surface area contributed by atoms with Crippen molar-refractivity contribution in [2.75, 3.05) is 0 Å². The van der Waals surface area contributed by atoms with E-state index < -0.39 is 5.97 Å². The second-order valence-electron chi connectivity index (χ2n) is 4.09. The fourth-order valence-electron chi connectivity index (χ4n) is 2.01.